The Kier molecular flexibility index (Phi) is 5.68. The standard InChI is InChI=1S/C17H29N3O3/c1-11-9-18-15(22-11)12(2)20-14-8-6-7-13(14)10-19-16(21)23-17(3,4)5/h9,12-14,20H,6-8,10H2,1-5H3,(H,19,21). The summed E-state index contributed by atoms with van der Waals surface area (Å²) in [4.78, 5) is 16.1. The number of ether oxygens (including phenoxy) is 1. The normalized spacial score (nSPS) is 22.8. The number of hydrogen-bond donors (Lipinski definition) is 2. The van der Waals surface area contributed by atoms with E-state index in [1.54, 1.807) is 6.20 Å². The second-order valence-electron chi connectivity index (χ2n) is 7.38. The SMILES string of the molecule is Cc1cnc(C(C)NC2CCCC2CNC(=O)OC(C)(C)C)o1. The van der Waals surface area contributed by atoms with Crippen molar-refractivity contribution in [3.63, 3.8) is 0 Å². The van der Waals surface area contributed by atoms with Crippen LogP contribution < -0.4 is 10.6 Å². The molecule has 6 nitrogen and oxygen atoms in total. The topological polar surface area (TPSA) is 76.4 Å². The lowest BCUT2D eigenvalue weighted by Crippen LogP contribution is -2.41. The van der Waals surface area contributed by atoms with E-state index >= 15 is 0 Å². The summed E-state index contributed by atoms with van der Waals surface area (Å²) in [6, 6.07) is 0.419. The molecule has 1 fully saturated rings. The molecule has 3 atom stereocenters. The first-order valence-electron chi connectivity index (χ1n) is 8.40. The molecule has 23 heavy (non-hydrogen) atoms. The minimum atomic E-state index is -0.464. The fourth-order valence-electron chi connectivity index (χ4n) is 2.99. The van der Waals surface area contributed by atoms with Crippen molar-refractivity contribution < 1.29 is 13.9 Å². The van der Waals surface area contributed by atoms with Crippen LogP contribution in [-0.4, -0.2) is 29.3 Å². The molecule has 6 heteroatoms. The van der Waals surface area contributed by atoms with Crippen LogP contribution in [0.15, 0.2) is 10.6 Å². The van der Waals surface area contributed by atoms with Crippen molar-refractivity contribution >= 4 is 6.09 Å². The number of nitrogens with one attached hydrogen (secondary N) is 2. The molecule has 130 valence electrons. The van der Waals surface area contributed by atoms with Gasteiger partial charge in [-0.15, -0.1) is 0 Å². The number of alkyl carbamates (subject to hydrolysis) is 1. The molecule has 0 bridgehead atoms. The highest BCUT2D eigenvalue weighted by molar-refractivity contribution is 5.67. The summed E-state index contributed by atoms with van der Waals surface area (Å²) in [5.41, 5.74) is -0.464. The highest BCUT2D eigenvalue weighted by Crippen LogP contribution is 2.27. The Balaban J connectivity index is 1.82. The summed E-state index contributed by atoms with van der Waals surface area (Å²) in [6.45, 7) is 10.2. The van der Waals surface area contributed by atoms with Gasteiger partial charge in [-0.1, -0.05) is 6.42 Å². The number of rotatable bonds is 5. The molecule has 1 aliphatic carbocycles. The van der Waals surface area contributed by atoms with Crippen molar-refractivity contribution in [2.24, 2.45) is 5.92 Å². The number of nitrogens with zero attached hydrogens (tertiary/aromatic N) is 1. The summed E-state index contributed by atoms with van der Waals surface area (Å²) in [5.74, 6) is 1.94. The van der Waals surface area contributed by atoms with Gasteiger partial charge in [-0.2, -0.15) is 0 Å². The van der Waals surface area contributed by atoms with Crippen molar-refractivity contribution in [2.75, 3.05) is 6.54 Å². The zero-order chi connectivity index (χ0) is 17.0. The largest absolute Gasteiger partial charge is 0.444 e. The van der Waals surface area contributed by atoms with Crippen LogP contribution in [0.25, 0.3) is 0 Å². The van der Waals surface area contributed by atoms with E-state index in [4.69, 9.17) is 9.15 Å². The Hall–Kier alpha value is -1.56. The Morgan fingerprint density at radius 1 is 1.48 bits per heavy atom. The second kappa shape index (κ2) is 7.34. The first kappa shape index (κ1) is 17.8. The van der Waals surface area contributed by atoms with Crippen molar-refractivity contribution in [1.82, 2.24) is 15.6 Å². The molecule has 0 aliphatic heterocycles. The molecule has 1 amide bonds. The van der Waals surface area contributed by atoms with Gasteiger partial charge in [-0.05, 0) is 53.4 Å². The molecular weight excluding hydrogens is 294 g/mol. The van der Waals surface area contributed by atoms with E-state index in [-0.39, 0.29) is 12.1 Å². The summed E-state index contributed by atoms with van der Waals surface area (Å²) in [7, 11) is 0. The fraction of sp³-hybridized carbons (Fsp3) is 0.765. The van der Waals surface area contributed by atoms with Crippen molar-refractivity contribution in [2.45, 2.75) is 71.6 Å². The van der Waals surface area contributed by atoms with E-state index in [0.717, 1.165) is 25.0 Å². The predicted octanol–water partition coefficient (Wildman–Crippen LogP) is 3.33. The average Bonchev–Trinajstić information content (AvgIpc) is 3.03. The van der Waals surface area contributed by atoms with Crippen LogP contribution in [0.1, 0.15) is 64.7 Å². The van der Waals surface area contributed by atoms with Gasteiger partial charge in [0.05, 0.1) is 12.2 Å². The summed E-state index contributed by atoms with van der Waals surface area (Å²) in [5, 5.41) is 6.47. The summed E-state index contributed by atoms with van der Waals surface area (Å²) in [6.07, 6.45) is 4.76. The van der Waals surface area contributed by atoms with Gasteiger partial charge < -0.3 is 19.8 Å². The lowest BCUT2D eigenvalue weighted by molar-refractivity contribution is 0.0517. The van der Waals surface area contributed by atoms with Crippen LogP contribution in [0.5, 0.6) is 0 Å². The number of aromatic nitrogens is 1. The van der Waals surface area contributed by atoms with E-state index in [9.17, 15) is 4.79 Å². The van der Waals surface area contributed by atoms with Crippen LogP contribution in [0.3, 0.4) is 0 Å². The van der Waals surface area contributed by atoms with Crippen LogP contribution >= 0.6 is 0 Å². The molecule has 0 saturated heterocycles. The monoisotopic (exact) mass is 323 g/mol. The first-order chi connectivity index (χ1) is 10.7. The summed E-state index contributed by atoms with van der Waals surface area (Å²) < 4.78 is 10.9. The highest BCUT2D eigenvalue weighted by Gasteiger charge is 2.30. The third kappa shape index (κ3) is 5.53. The zero-order valence-electron chi connectivity index (χ0n) is 14.8. The van der Waals surface area contributed by atoms with E-state index in [2.05, 4.69) is 22.5 Å². The number of aryl methyl sites for hydroxylation is 1. The fourth-order valence-corrected chi connectivity index (χ4v) is 2.99. The van der Waals surface area contributed by atoms with E-state index in [0.29, 0.717) is 24.4 Å². The van der Waals surface area contributed by atoms with E-state index < -0.39 is 5.60 Å². The maximum atomic E-state index is 11.8. The van der Waals surface area contributed by atoms with Crippen LogP contribution in [0.4, 0.5) is 4.79 Å². The van der Waals surface area contributed by atoms with Gasteiger partial charge >= 0.3 is 6.09 Å². The van der Waals surface area contributed by atoms with E-state index in [1.807, 2.05) is 27.7 Å². The smallest absolute Gasteiger partial charge is 0.407 e. The number of carbonyl (C=O) groups is 1. The molecule has 2 rings (SSSR count). The molecule has 1 aromatic rings. The zero-order valence-corrected chi connectivity index (χ0v) is 14.8. The first-order valence-corrected chi connectivity index (χ1v) is 8.40. The Bertz CT molecular complexity index is 521. The number of amides is 1. The van der Waals surface area contributed by atoms with Crippen molar-refractivity contribution in [3.05, 3.63) is 17.8 Å². The maximum absolute atomic E-state index is 11.8. The lowest BCUT2D eigenvalue weighted by Gasteiger charge is -2.25. The lowest BCUT2D eigenvalue weighted by atomic mass is 10.0. The Morgan fingerprint density at radius 3 is 2.83 bits per heavy atom. The maximum Gasteiger partial charge on any atom is 0.407 e. The molecule has 1 heterocycles. The highest BCUT2D eigenvalue weighted by atomic mass is 16.6. The van der Waals surface area contributed by atoms with Gasteiger partial charge in [-0.3, -0.25) is 0 Å². The molecule has 1 aliphatic rings. The third-order valence-electron chi connectivity index (χ3n) is 4.04. The molecular formula is C17H29N3O3. The molecule has 3 unspecified atom stereocenters. The second-order valence-corrected chi connectivity index (χ2v) is 7.38. The average molecular weight is 323 g/mol. The Morgan fingerprint density at radius 2 is 2.22 bits per heavy atom. The van der Waals surface area contributed by atoms with Crippen LogP contribution in [0, 0.1) is 12.8 Å². The van der Waals surface area contributed by atoms with Gasteiger partial charge in [0.25, 0.3) is 0 Å². The predicted molar refractivity (Wildman–Crippen MR) is 88.2 cm³/mol. The molecule has 1 saturated carbocycles. The molecule has 0 spiro atoms. The van der Waals surface area contributed by atoms with Gasteiger partial charge in [0.1, 0.15) is 11.4 Å². The number of hydrogen-bond acceptors (Lipinski definition) is 5. The minimum Gasteiger partial charge on any atom is -0.444 e. The van der Waals surface area contributed by atoms with Crippen LogP contribution in [-0.2, 0) is 4.74 Å². The molecule has 0 radical (unpaired) electrons. The van der Waals surface area contributed by atoms with Crippen molar-refractivity contribution in [3.8, 4) is 0 Å². The van der Waals surface area contributed by atoms with Gasteiger partial charge in [0.15, 0.2) is 0 Å². The van der Waals surface area contributed by atoms with Gasteiger partial charge in [0.2, 0.25) is 5.89 Å². The number of oxazole rings is 1. The molecule has 0 aromatic carbocycles. The van der Waals surface area contributed by atoms with Gasteiger partial charge in [0, 0.05) is 12.6 Å². The van der Waals surface area contributed by atoms with Crippen LogP contribution in [0.2, 0.25) is 0 Å². The minimum absolute atomic E-state index is 0.0656. The number of carbonyl (C=O) groups excluding carboxylic acids is 1. The summed E-state index contributed by atoms with van der Waals surface area (Å²) >= 11 is 0. The third-order valence-corrected chi connectivity index (χ3v) is 4.04. The molecule has 2 N–H and O–H groups in total. The quantitative estimate of drug-likeness (QED) is 0.869. The van der Waals surface area contributed by atoms with E-state index in [1.165, 1.54) is 0 Å². The van der Waals surface area contributed by atoms with Crippen molar-refractivity contribution in [1.29, 1.82) is 0 Å². The van der Waals surface area contributed by atoms with Gasteiger partial charge in [-0.25, -0.2) is 9.78 Å². The Labute approximate surface area is 138 Å². The molecule has 1 aromatic heterocycles.